The van der Waals surface area contributed by atoms with Gasteiger partial charge in [-0.2, -0.15) is 0 Å². The molecule has 2 aromatic rings. The predicted molar refractivity (Wildman–Crippen MR) is 70.3 cm³/mol. The monoisotopic (exact) mass is 262 g/mol. The first-order chi connectivity index (χ1) is 9.20. The number of furan rings is 1. The number of nitro benzene ring substituents is 1. The van der Waals surface area contributed by atoms with E-state index < -0.39 is 4.92 Å². The summed E-state index contributed by atoms with van der Waals surface area (Å²) in [5.74, 6) is 0.489. The zero-order chi connectivity index (χ0) is 13.7. The maximum atomic E-state index is 11.0. The van der Waals surface area contributed by atoms with Crippen LogP contribution in [0.25, 0.3) is 0 Å². The molecule has 0 saturated carbocycles. The second-order valence-electron chi connectivity index (χ2n) is 3.85. The normalized spacial score (nSPS) is 10.2. The lowest BCUT2D eigenvalue weighted by molar-refractivity contribution is -0.384. The molecule has 0 aliphatic heterocycles. The van der Waals surface area contributed by atoms with Crippen LogP contribution in [-0.4, -0.2) is 11.5 Å². The second kappa shape index (κ2) is 5.90. The number of nitrogens with one attached hydrogen (secondary N) is 1. The number of nitrogens with zero attached hydrogens (tertiary/aromatic N) is 1. The smallest absolute Gasteiger partial charge is 0.296 e. The van der Waals surface area contributed by atoms with Gasteiger partial charge in [0.05, 0.1) is 30.1 Å². The predicted octanol–water partition coefficient (Wildman–Crippen LogP) is 3.20. The van der Waals surface area contributed by atoms with Gasteiger partial charge in [-0.05, 0) is 25.1 Å². The highest BCUT2D eigenvalue weighted by atomic mass is 16.6. The maximum absolute atomic E-state index is 11.0. The van der Waals surface area contributed by atoms with Gasteiger partial charge in [-0.1, -0.05) is 0 Å². The van der Waals surface area contributed by atoms with Gasteiger partial charge in [0, 0.05) is 12.1 Å². The van der Waals surface area contributed by atoms with Crippen molar-refractivity contribution in [3.8, 4) is 5.75 Å². The molecule has 0 atom stereocenters. The Hall–Kier alpha value is -2.50. The molecule has 0 aliphatic carbocycles. The van der Waals surface area contributed by atoms with E-state index in [0.717, 1.165) is 5.56 Å². The van der Waals surface area contributed by atoms with Gasteiger partial charge in [-0.25, -0.2) is 0 Å². The van der Waals surface area contributed by atoms with Crippen molar-refractivity contribution in [3.63, 3.8) is 0 Å². The van der Waals surface area contributed by atoms with Gasteiger partial charge < -0.3 is 14.5 Å². The number of anilines is 1. The Morgan fingerprint density at radius 3 is 2.89 bits per heavy atom. The van der Waals surface area contributed by atoms with E-state index in [0.29, 0.717) is 24.6 Å². The van der Waals surface area contributed by atoms with Crippen LogP contribution in [-0.2, 0) is 6.54 Å². The summed E-state index contributed by atoms with van der Waals surface area (Å²) in [5, 5.41) is 14.0. The first-order valence-electron chi connectivity index (χ1n) is 5.87. The first-order valence-corrected chi connectivity index (χ1v) is 5.87. The van der Waals surface area contributed by atoms with E-state index >= 15 is 0 Å². The summed E-state index contributed by atoms with van der Waals surface area (Å²) in [6, 6.07) is 6.56. The van der Waals surface area contributed by atoms with Crippen molar-refractivity contribution in [2.45, 2.75) is 13.5 Å². The molecule has 0 aliphatic rings. The maximum Gasteiger partial charge on any atom is 0.296 e. The lowest BCUT2D eigenvalue weighted by atomic mass is 10.2. The van der Waals surface area contributed by atoms with Crippen LogP contribution in [0, 0.1) is 10.1 Å². The van der Waals surface area contributed by atoms with Gasteiger partial charge in [-0.15, -0.1) is 0 Å². The lowest BCUT2D eigenvalue weighted by Crippen LogP contribution is -2.02. The molecule has 100 valence electrons. The lowest BCUT2D eigenvalue weighted by Gasteiger charge is -2.08. The Morgan fingerprint density at radius 1 is 1.42 bits per heavy atom. The summed E-state index contributed by atoms with van der Waals surface area (Å²) in [4.78, 5) is 10.6. The molecule has 0 amide bonds. The zero-order valence-corrected chi connectivity index (χ0v) is 10.5. The Balaban J connectivity index is 2.16. The van der Waals surface area contributed by atoms with Gasteiger partial charge in [0.15, 0.2) is 0 Å². The van der Waals surface area contributed by atoms with Crippen LogP contribution in [0.2, 0.25) is 0 Å². The molecule has 2 rings (SSSR count). The Morgan fingerprint density at radius 2 is 2.26 bits per heavy atom. The summed E-state index contributed by atoms with van der Waals surface area (Å²) in [5.41, 5.74) is 1.37. The van der Waals surface area contributed by atoms with Crippen LogP contribution < -0.4 is 10.1 Å². The fourth-order valence-electron chi connectivity index (χ4n) is 1.66. The minimum atomic E-state index is -0.430. The van der Waals surface area contributed by atoms with Crippen molar-refractivity contribution in [1.29, 1.82) is 0 Å². The average Bonchev–Trinajstić information content (AvgIpc) is 2.90. The van der Waals surface area contributed by atoms with Crippen LogP contribution in [0.5, 0.6) is 5.75 Å². The fraction of sp³-hybridized carbons (Fsp3) is 0.231. The van der Waals surface area contributed by atoms with E-state index in [-0.39, 0.29) is 5.69 Å². The van der Waals surface area contributed by atoms with Crippen molar-refractivity contribution >= 4 is 11.4 Å². The van der Waals surface area contributed by atoms with Gasteiger partial charge in [0.2, 0.25) is 0 Å². The summed E-state index contributed by atoms with van der Waals surface area (Å²) in [7, 11) is 0. The van der Waals surface area contributed by atoms with Crippen molar-refractivity contribution in [2.75, 3.05) is 11.9 Å². The van der Waals surface area contributed by atoms with E-state index in [1.165, 1.54) is 6.07 Å². The largest absolute Gasteiger partial charge is 0.494 e. The summed E-state index contributed by atoms with van der Waals surface area (Å²) in [6.07, 6.45) is 3.15. The molecule has 6 nitrogen and oxygen atoms in total. The third kappa shape index (κ3) is 3.25. The standard InChI is InChI=1S/C13H14N2O4/c1-2-19-11-3-4-12(13(7-11)15(16)17)14-8-10-5-6-18-9-10/h3-7,9,14H,2,8H2,1H3. The molecule has 0 saturated heterocycles. The molecule has 0 spiro atoms. The molecule has 1 aromatic carbocycles. The second-order valence-corrected chi connectivity index (χ2v) is 3.85. The molecule has 1 N–H and O–H groups in total. The Labute approximate surface area is 110 Å². The zero-order valence-electron chi connectivity index (χ0n) is 10.5. The number of nitro groups is 1. The SMILES string of the molecule is CCOc1ccc(NCc2ccoc2)c([N+](=O)[O-])c1. The highest BCUT2D eigenvalue weighted by Crippen LogP contribution is 2.29. The molecule has 19 heavy (non-hydrogen) atoms. The van der Waals surface area contributed by atoms with E-state index in [1.54, 1.807) is 30.7 Å². The van der Waals surface area contributed by atoms with Crippen LogP contribution in [0.3, 0.4) is 0 Å². The summed E-state index contributed by atoms with van der Waals surface area (Å²) >= 11 is 0. The molecule has 0 radical (unpaired) electrons. The fourth-order valence-corrected chi connectivity index (χ4v) is 1.66. The number of ether oxygens (including phenoxy) is 1. The van der Waals surface area contributed by atoms with Gasteiger partial charge in [-0.3, -0.25) is 10.1 Å². The average molecular weight is 262 g/mol. The van der Waals surface area contributed by atoms with Gasteiger partial charge >= 0.3 is 0 Å². The molecule has 1 heterocycles. The van der Waals surface area contributed by atoms with E-state index in [9.17, 15) is 10.1 Å². The van der Waals surface area contributed by atoms with E-state index in [1.807, 2.05) is 6.92 Å². The Bertz CT molecular complexity index is 552. The van der Waals surface area contributed by atoms with Crippen LogP contribution in [0.15, 0.2) is 41.2 Å². The molecular formula is C13H14N2O4. The molecule has 1 aromatic heterocycles. The molecular weight excluding hydrogens is 248 g/mol. The summed E-state index contributed by atoms with van der Waals surface area (Å²) < 4.78 is 10.2. The van der Waals surface area contributed by atoms with E-state index in [2.05, 4.69) is 5.32 Å². The van der Waals surface area contributed by atoms with E-state index in [4.69, 9.17) is 9.15 Å². The van der Waals surface area contributed by atoms with Crippen LogP contribution in [0.4, 0.5) is 11.4 Å². The van der Waals surface area contributed by atoms with Crippen LogP contribution in [0.1, 0.15) is 12.5 Å². The summed E-state index contributed by atoms with van der Waals surface area (Å²) in [6.45, 7) is 2.77. The highest BCUT2D eigenvalue weighted by molar-refractivity contribution is 5.63. The molecule has 0 fully saturated rings. The Kier molecular flexibility index (Phi) is 4.02. The van der Waals surface area contributed by atoms with Crippen LogP contribution >= 0.6 is 0 Å². The van der Waals surface area contributed by atoms with Crippen molar-refractivity contribution in [2.24, 2.45) is 0 Å². The third-order valence-electron chi connectivity index (χ3n) is 2.54. The highest BCUT2D eigenvalue weighted by Gasteiger charge is 2.15. The third-order valence-corrected chi connectivity index (χ3v) is 2.54. The van der Waals surface area contributed by atoms with Gasteiger partial charge in [0.1, 0.15) is 11.4 Å². The number of benzene rings is 1. The number of hydrogen-bond donors (Lipinski definition) is 1. The minimum absolute atomic E-state index is 0.00514. The molecule has 0 unspecified atom stereocenters. The molecule has 0 bridgehead atoms. The van der Waals surface area contributed by atoms with Crippen molar-refractivity contribution < 1.29 is 14.1 Å². The van der Waals surface area contributed by atoms with Crippen molar-refractivity contribution in [1.82, 2.24) is 0 Å². The number of hydrogen-bond acceptors (Lipinski definition) is 5. The minimum Gasteiger partial charge on any atom is -0.494 e. The first kappa shape index (κ1) is 12.9. The van der Waals surface area contributed by atoms with Gasteiger partial charge in [0.25, 0.3) is 5.69 Å². The topological polar surface area (TPSA) is 77.5 Å². The van der Waals surface area contributed by atoms with Crippen molar-refractivity contribution in [3.05, 3.63) is 52.5 Å². The quantitative estimate of drug-likeness (QED) is 0.639. The number of rotatable bonds is 6. The molecule has 6 heteroatoms.